The molecule has 0 radical (unpaired) electrons. The van der Waals surface area contributed by atoms with Crippen LogP contribution in [0.3, 0.4) is 0 Å². The Bertz CT molecular complexity index is 992. The van der Waals surface area contributed by atoms with Crippen LogP contribution in [-0.2, 0) is 22.9 Å². The Balaban J connectivity index is 1.47. The van der Waals surface area contributed by atoms with E-state index in [0.29, 0.717) is 19.0 Å². The van der Waals surface area contributed by atoms with E-state index < -0.39 is 10.0 Å². The number of benzene rings is 2. The fraction of sp³-hybridized carbons (Fsp3) is 0.381. The first-order valence-corrected chi connectivity index (χ1v) is 11.3. The van der Waals surface area contributed by atoms with E-state index >= 15 is 0 Å². The van der Waals surface area contributed by atoms with Gasteiger partial charge < -0.3 is 10.6 Å². The molecule has 8 heteroatoms. The van der Waals surface area contributed by atoms with Crippen molar-refractivity contribution in [2.24, 2.45) is 4.99 Å². The van der Waals surface area contributed by atoms with Crippen molar-refractivity contribution in [3.05, 3.63) is 65.0 Å². The molecule has 1 heterocycles. The number of hydrogen-bond acceptors (Lipinski definition) is 3. The SMILES string of the molecule is CN=C(NCCc1ccc(F)cc1C)NCCS(=O)(=O)N1CCc2ccccc21. The van der Waals surface area contributed by atoms with Crippen molar-refractivity contribution >= 4 is 21.7 Å². The number of fused-ring (bicyclic) bond motifs is 1. The zero-order valence-electron chi connectivity index (χ0n) is 16.8. The second-order valence-electron chi connectivity index (χ2n) is 7.01. The van der Waals surface area contributed by atoms with Crippen molar-refractivity contribution < 1.29 is 12.8 Å². The van der Waals surface area contributed by atoms with Gasteiger partial charge in [0.15, 0.2) is 5.96 Å². The summed E-state index contributed by atoms with van der Waals surface area (Å²) < 4.78 is 40.1. The molecule has 0 aromatic heterocycles. The fourth-order valence-corrected chi connectivity index (χ4v) is 4.91. The van der Waals surface area contributed by atoms with Gasteiger partial charge in [-0.05, 0) is 54.7 Å². The number of halogens is 1. The van der Waals surface area contributed by atoms with Crippen molar-refractivity contribution in [2.75, 3.05) is 36.7 Å². The van der Waals surface area contributed by atoms with Gasteiger partial charge in [-0.3, -0.25) is 9.30 Å². The van der Waals surface area contributed by atoms with Crippen LogP contribution in [0.4, 0.5) is 10.1 Å². The van der Waals surface area contributed by atoms with E-state index in [1.807, 2.05) is 31.2 Å². The number of rotatable bonds is 7. The molecule has 0 fully saturated rings. The van der Waals surface area contributed by atoms with Gasteiger partial charge in [-0.2, -0.15) is 0 Å². The molecule has 1 aliphatic heterocycles. The lowest BCUT2D eigenvalue weighted by Gasteiger charge is -2.20. The molecule has 2 aromatic rings. The van der Waals surface area contributed by atoms with Crippen LogP contribution in [0.15, 0.2) is 47.5 Å². The summed E-state index contributed by atoms with van der Waals surface area (Å²) in [6.45, 7) is 3.24. The molecule has 0 spiro atoms. The van der Waals surface area contributed by atoms with Crippen LogP contribution in [-0.4, -0.2) is 46.8 Å². The smallest absolute Gasteiger partial charge is 0.236 e. The predicted molar refractivity (Wildman–Crippen MR) is 115 cm³/mol. The van der Waals surface area contributed by atoms with Crippen molar-refractivity contribution in [1.29, 1.82) is 0 Å². The van der Waals surface area contributed by atoms with E-state index in [9.17, 15) is 12.8 Å². The number of aliphatic imine (C=N–C) groups is 1. The van der Waals surface area contributed by atoms with Gasteiger partial charge in [0, 0.05) is 26.7 Å². The van der Waals surface area contributed by atoms with Gasteiger partial charge in [-0.25, -0.2) is 12.8 Å². The highest BCUT2D eigenvalue weighted by atomic mass is 32.2. The maximum atomic E-state index is 13.2. The molecule has 0 saturated carbocycles. The maximum absolute atomic E-state index is 13.2. The summed E-state index contributed by atoms with van der Waals surface area (Å²) in [5, 5.41) is 6.22. The van der Waals surface area contributed by atoms with Gasteiger partial charge in [0.2, 0.25) is 10.0 Å². The van der Waals surface area contributed by atoms with E-state index in [-0.39, 0.29) is 18.1 Å². The normalized spacial score (nSPS) is 14.0. The monoisotopic (exact) mass is 418 g/mol. The Labute approximate surface area is 171 Å². The quantitative estimate of drug-likeness (QED) is 0.534. The molecule has 0 aliphatic carbocycles. The Kier molecular flexibility index (Phi) is 6.74. The molecule has 156 valence electrons. The van der Waals surface area contributed by atoms with Crippen LogP contribution in [0.5, 0.6) is 0 Å². The predicted octanol–water partition coefficient (Wildman–Crippen LogP) is 2.23. The molecule has 0 unspecified atom stereocenters. The second-order valence-corrected chi connectivity index (χ2v) is 9.03. The summed E-state index contributed by atoms with van der Waals surface area (Å²) in [6.07, 6.45) is 1.46. The zero-order valence-corrected chi connectivity index (χ0v) is 17.6. The first-order valence-electron chi connectivity index (χ1n) is 9.68. The van der Waals surface area contributed by atoms with Gasteiger partial charge in [0.05, 0.1) is 11.4 Å². The molecule has 0 atom stereocenters. The van der Waals surface area contributed by atoms with Crippen LogP contribution in [0.2, 0.25) is 0 Å². The third-order valence-corrected chi connectivity index (χ3v) is 6.82. The highest BCUT2D eigenvalue weighted by molar-refractivity contribution is 7.92. The number of para-hydroxylation sites is 1. The van der Waals surface area contributed by atoms with E-state index in [4.69, 9.17) is 0 Å². The summed E-state index contributed by atoms with van der Waals surface area (Å²) in [6, 6.07) is 12.4. The van der Waals surface area contributed by atoms with E-state index in [2.05, 4.69) is 15.6 Å². The number of nitrogens with zero attached hydrogens (tertiary/aromatic N) is 2. The average molecular weight is 419 g/mol. The largest absolute Gasteiger partial charge is 0.356 e. The molecule has 6 nitrogen and oxygen atoms in total. The van der Waals surface area contributed by atoms with E-state index in [0.717, 1.165) is 35.2 Å². The molecule has 0 bridgehead atoms. The summed E-state index contributed by atoms with van der Waals surface area (Å²) in [5.41, 5.74) is 3.82. The molecule has 2 aromatic carbocycles. The first-order chi connectivity index (χ1) is 13.9. The number of hydrogen-bond donors (Lipinski definition) is 2. The minimum atomic E-state index is -3.40. The van der Waals surface area contributed by atoms with Crippen molar-refractivity contribution in [3.63, 3.8) is 0 Å². The van der Waals surface area contributed by atoms with E-state index in [1.165, 1.54) is 16.4 Å². The zero-order chi connectivity index (χ0) is 20.9. The fourth-order valence-electron chi connectivity index (χ4n) is 3.48. The Morgan fingerprint density at radius 2 is 1.93 bits per heavy atom. The van der Waals surface area contributed by atoms with E-state index in [1.54, 1.807) is 13.1 Å². The lowest BCUT2D eigenvalue weighted by Crippen LogP contribution is -2.42. The summed E-state index contributed by atoms with van der Waals surface area (Å²) in [5.74, 6) is 0.291. The van der Waals surface area contributed by atoms with Crippen LogP contribution >= 0.6 is 0 Å². The minimum Gasteiger partial charge on any atom is -0.356 e. The number of nitrogens with one attached hydrogen (secondary N) is 2. The van der Waals surface area contributed by atoms with Crippen molar-refractivity contribution in [3.8, 4) is 0 Å². The minimum absolute atomic E-state index is 0.0148. The number of guanidine groups is 1. The molecule has 2 N–H and O–H groups in total. The molecule has 1 aliphatic rings. The molecular weight excluding hydrogens is 391 g/mol. The highest BCUT2D eigenvalue weighted by Gasteiger charge is 2.28. The summed E-state index contributed by atoms with van der Waals surface area (Å²) in [7, 11) is -1.76. The van der Waals surface area contributed by atoms with Crippen LogP contribution < -0.4 is 14.9 Å². The molecule has 29 heavy (non-hydrogen) atoms. The Morgan fingerprint density at radius 1 is 1.17 bits per heavy atom. The Hall–Kier alpha value is -2.61. The third-order valence-electron chi connectivity index (χ3n) is 5.05. The van der Waals surface area contributed by atoms with Gasteiger partial charge >= 0.3 is 0 Å². The lowest BCUT2D eigenvalue weighted by molar-refractivity contribution is 0.590. The first kappa shape index (κ1) is 21.1. The topological polar surface area (TPSA) is 73.8 Å². The van der Waals surface area contributed by atoms with Gasteiger partial charge in [0.25, 0.3) is 0 Å². The van der Waals surface area contributed by atoms with Crippen molar-refractivity contribution in [2.45, 2.75) is 19.8 Å². The Morgan fingerprint density at radius 3 is 2.69 bits per heavy atom. The maximum Gasteiger partial charge on any atom is 0.236 e. The van der Waals surface area contributed by atoms with Crippen LogP contribution in [0, 0.1) is 12.7 Å². The highest BCUT2D eigenvalue weighted by Crippen LogP contribution is 2.29. The number of aryl methyl sites for hydroxylation is 1. The van der Waals surface area contributed by atoms with Gasteiger partial charge in [0.1, 0.15) is 5.82 Å². The van der Waals surface area contributed by atoms with Gasteiger partial charge in [-0.1, -0.05) is 24.3 Å². The molecule has 0 amide bonds. The van der Waals surface area contributed by atoms with Crippen molar-refractivity contribution in [1.82, 2.24) is 10.6 Å². The molecule has 0 saturated heterocycles. The molecular formula is C21H27FN4O2S. The third kappa shape index (κ3) is 5.26. The summed E-state index contributed by atoms with van der Waals surface area (Å²) >= 11 is 0. The lowest BCUT2D eigenvalue weighted by atomic mass is 10.1. The average Bonchev–Trinajstić information content (AvgIpc) is 3.13. The standard InChI is InChI=1S/C21H27FN4O2S/c1-16-15-19(22)8-7-17(16)9-11-24-21(23-2)25-12-14-29(27,28)26-13-10-18-5-3-4-6-20(18)26/h3-8,15H,9-14H2,1-2H3,(H2,23,24,25). The van der Waals surface area contributed by atoms with Crippen LogP contribution in [0.25, 0.3) is 0 Å². The number of sulfonamides is 1. The second kappa shape index (κ2) is 9.26. The van der Waals surface area contributed by atoms with Gasteiger partial charge in [-0.15, -0.1) is 0 Å². The van der Waals surface area contributed by atoms with Crippen LogP contribution in [0.1, 0.15) is 16.7 Å². The number of anilines is 1. The molecule has 3 rings (SSSR count). The summed E-state index contributed by atoms with van der Waals surface area (Å²) in [4.78, 5) is 4.13.